The minimum Gasteiger partial charge on any atom is -0.656 e. The molecule has 0 atom stereocenters. The van der Waals surface area contributed by atoms with Crippen molar-refractivity contribution in [2.45, 2.75) is 102 Å². The van der Waals surface area contributed by atoms with Gasteiger partial charge in [-0.15, -0.1) is 22.1 Å². The van der Waals surface area contributed by atoms with Crippen molar-refractivity contribution >= 4 is 46.4 Å². The summed E-state index contributed by atoms with van der Waals surface area (Å²) < 4.78 is 169. The maximum Gasteiger partial charge on any atom is 2.00 e. The number of fused-ring (bicyclic) bond motifs is 8. The fraction of sp³-hybridized carbons (Fsp3) is 0.262. The number of aromatic nitrogens is 8. The second-order valence-corrected chi connectivity index (χ2v) is 18.4. The third-order valence-electron chi connectivity index (χ3n) is 12.8. The third kappa shape index (κ3) is 17.0. The molecular formula is C61H63F12MnN8-. The van der Waals surface area contributed by atoms with Crippen molar-refractivity contribution < 1.29 is 88.0 Å². The molecule has 8 bridgehead atoms. The molecule has 0 saturated carbocycles. The number of alkyl halides is 12. The van der Waals surface area contributed by atoms with Gasteiger partial charge in [-0.05, 0) is 48.6 Å². The molecule has 9 rings (SSSR count). The first-order valence-corrected chi connectivity index (χ1v) is 24.5. The predicted octanol–water partition coefficient (Wildman–Crippen LogP) is 15.4. The Hall–Kier alpha value is -7.12. The van der Waals surface area contributed by atoms with E-state index in [4.69, 9.17) is 19.9 Å². The molecular weight excluding hydrogens is 1130 g/mol. The van der Waals surface area contributed by atoms with Crippen molar-refractivity contribution in [3.63, 3.8) is 0 Å². The number of nitrogens with zero attached hydrogens (tertiary/aromatic N) is 8. The van der Waals surface area contributed by atoms with Gasteiger partial charge < -0.3 is 47.1 Å². The van der Waals surface area contributed by atoms with Gasteiger partial charge in [0, 0.05) is 99.9 Å². The summed E-state index contributed by atoms with van der Waals surface area (Å²) in [5.74, 6) is 0. The molecule has 0 fully saturated rings. The molecule has 8 nitrogen and oxygen atoms in total. The molecule has 0 aromatic carbocycles. The molecule has 82 heavy (non-hydrogen) atoms. The van der Waals surface area contributed by atoms with Crippen molar-refractivity contribution in [2.75, 3.05) is 0 Å². The van der Waals surface area contributed by atoms with Gasteiger partial charge in [0.25, 0.3) is 0 Å². The molecule has 0 N–H and O–H groups in total. The standard InChI is InChI=1S/C56H48F12N8.5CH3.Mn/c57-53(58,59)25-9-33-73-29-5-1-13-45(73)49-37-17-19-39(69-37)50(46-14-2-6-30-74(46)34-10-26-54(60,61)62)41-21-23-43(71-41)52(48-16-4-8-32-76(48)36-12-28-56(66,67)68)44-24-22-42(72-44)51(40-20-18-38(49)70-40)47-15-3-7-31-75(47)35-11-27-55(63,64)65;;;;;;/h1-8,13-24,29-32H,9-12,25-28,33-36H2;5*1H3;/q+2;5*-1;+2. The fourth-order valence-corrected chi connectivity index (χ4v) is 9.53. The first-order chi connectivity index (χ1) is 36.2. The fourth-order valence-electron chi connectivity index (χ4n) is 9.53. The monoisotopic (exact) mass is 1190 g/mol. The van der Waals surface area contributed by atoms with Crippen LogP contribution in [0.5, 0.6) is 0 Å². The maximum absolute atomic E-state index is 13.6. The molecule has 0 saturated heterocycles. The van der Waals surface area contributed by atoms with Crippen LogP contribution >= 0.6 is 0 Å². The number of hydrogen-bond acceptors (Lipinski definition) is 2. The number of halogens is 12. The molecule has 0 aliphatic carbocycles. The van der Waals surface area contributed by atoms with E-state index in [1.165, 1.54) is 0 Å². The van der Waals surface area contributed by atoms with Gasteiger partial charge in [-0.25, -0.2) is 9.97 Å². The second kappa shape index (κ2) is 28.7. The molecule has 21 heteroatoms. The van der Waals surface area contributed by atoms with Crippen molar-refractivity contribution in [1.82, 2.24) is 19.9 Å². The number of hydrogen-bond donors (Lipinski definition) is 0. The third-order valence-corrected chi connectivity index (χ3v) is 12.8. The zero-order valence-corrected chi connectivity index (χ0v) is 47.0. The molecule has 2 aliphatic rings. The van der Waals surface area contributed by atoms with Crippen LogP contribution in [0.4, 0.5) is 52.7 Å². The van der Waals surface area contributed by atoms with Crippen LogP contribution in [0, 0.1) is 37.1 Å². The molecule has 0 unspecified atom stereocenters. The van der Waals surface area contributed by atoms with Gasteiger partial charge in [-0.3, -0.25) is 0 Å². The Morgan fingerprint density at radius 3 is 0.720 bits per heavy atom. The van der Waals surface area contributed by atoms with Crippen LogP contribution in [-0.2, 0) is 43.2 Å². The first-order valence-electron chi connectivity index (χ1n) is 24.5. The zero-order chi connectivity index (χ0) is 53.8. The Morgan fingerprint density at radius 2 is 0.524 bits per heavy atom. The second-order valence-electron chi connectivity index (χ2n) is 18.4. The Kier molecular flexibility index (Phi) is 24.2. The van der Waals surface area contributed by atoms with Crippen LogP contribution in [-0.4, -0.2) is 34.7 Å². The van der Waals surface area contributed by atoms with E-state index >= 15 is 0 Å². The van der Waals surface area contributed by atoms with Gasteiger partial charge >= 0.3 is 41.8 Å². The summed E-state index contributed by atoms with van der Waals surface area (Å²) in [6.45, 7) is -0.214. The molecule has 0 amide bonds. The van der Waals surface area contributed by atoms with Crippen molar-refractivity contribution in [1.29, 1.82) is 0 Å². The summed E-state index contributed by atoms with van der Waals surface area (Å²) in [6.07, 6.45) is -9.52. The minimum absolute atomic E-state index is 0. The van der Waals surface area contributed by atoms with Crippen LogP contribution in [0.3, 0.4) is 0 Å². The van der Waals surface area contributed by atoms with Gasteiger partial charge in [-0.2, -0.15) is 71.0 Å². The van der Waals surface area contributed by atoms with E-state index in [1.807, 2.05) is 0 Å². The number of aryl methyl sites for hydroxylation is 4. The van der Waals surface area contributed by atoms with Crippen LogP contribution < -0.4 is 28.2 Å². The van der Waals surface area contributed by atoms with Crippen molar-refractivity contribution in [3.05, 3.63) is 182 Å². The van der Waals surface area contributed by atoms with Crippen LogP contribution in [0.15, 0.2) is 122 Å². The van der Waals surface area contributed by atoms with Gasteiger partial charge in [0.05, 0.1) is 45.0 Å². The Morgan fingerprint density at radius 1 is 0.317 bits per heavy atom. The normalized spacial score (nSPS) is 12.0. The average molecular weight is 1190 g/mol. The Balaban J connectivity index is 0.00000294. The van der Waals surface area contributed by atoms with Crippen molar-refractivity contribution in [2.24, 2.45) is 0 Å². The molecule has 7 aromatic heterocycles. The SMILES string of the molecule is FC(F)(F)CCC[n+]1ccccc1-c1c2nc(c(-c3cccc[n+]3CCCC(F)(F)F)c3ccc([n-]3)c(-c3cccc[n+]3CCCC(F)(F)F)c3nc(c(-c4cccc[n+]4CCCC(F)(F)F)c4ccc1[n-]4)C=C3)C=C2.[CH3-].[CH3-].[CH3-].[CH3-].[CH3-].[Mn+2]. The predicted molar refractivity (Wildman–Crippen MR) is 293 cm³/mol. The largest absolute Gasteiger partial charge is 2.00 e. The molecule has 7 aromatic rings. The van der Waals surface area contributed by atoms with Gasteiger partial charge in [-0.1, -0.05) is 24.3 Å². The number of pyridine rings is 4. The van der Waals surface area contributed by atoms with Crippen molar-refractivity contribution in [3.8, 4) is 45.0 Å². The molecule has 0 spiro atoms. The van der Waals surface area contributed by atoms with Crippen LogP contribution in [0.1, 0.15) is 74.1 Å². The van der Waals surface area contributed by atoms with E-state index in [2.05, 4.69) is 0 Å². The number of rotatable bonds is 16. The average Bonchev–Trinajstić information content (AvgIpc) is 4.20. The van der Waals surface area contributed by atoms with E-state index in [1.54, 1.807) is 164 Å². The smallest absolute Gasteiger partial charge is 0.656 e. The van der Waals surface area contributed by atoms with Crippen LogP contribution in [0.2, 0.25) is 0 Å². The summed E-state index contributed by atoms with van der Waals surface area (Å²) in [6, 6.07) is 27.3. The van der Waals surface area contributed by atoms with Gasteiger partial charge in [0.1, 0.15) is 26.2 Å². The first kappa shape index (κ1) is 69.1. The Labute approximate surface area is 481 Å². The van der Waals surface area contributed by atoms with E-state index in [0.29, 0.717) is 89.9 Å². The summed E-state index contributed by atoms with van der Waals surface area (Å²) in [4.78, 5) is 20.7. The summed E-state index contributed by atoms with van der Waals surface area (Å²) in [5.41, 5.74) is 5.93. The van der Waals surface area contributed by atoms with Gasteiger partial charge in [0.15, 0.2) is 24.8 Å². The van der Waals surface area contributed by atoms with Gasteiger partial charge in [0.2, 0.25) is 22.8 Å². The summed E-state index contributed by atoms with van der Waals surface area (Å²) in [7, 11) is 0. The molecule has 2 aliphatic heterocycles. The van der Waals surface area contributed by atoms with E-state index in [0.717, 1.165) is 0 Å². The quantitative estimate of drug-likeness (QED) is 0.0418. The maximum atomic E-state index is 13.6. The zero-order valence-electron chi connectivity index (χ0n) is 45.8. The van der Waals surface area contributed by atoms with E-state index < -0.39 is 50.4 Å². The van der Waals surface area contributed by atoms with E-state index in [9.17, 15) is 52.7 Å². The van der Waals surface area contributed by atoms with E-state index in [-0.39, 0.29) is 106 Å². The molecule has 9 heterocycles. The Bertz CT molecular complexity index is 3040. The molecule has 439 valence electrons. The minimum atomic E-state index is -4.42. The summed E-state index contributed by atoms with van der Waals surface area (Å²) in [5, 5.41) is 0. The molecule has 1 radical (unpaired) electrons. The topological polar surface area (TPSA) is 69.5 Å². The summed E-state index contributed by atoms with van der Waals surface area (Å²) >= 11 is 0. The van der Waals surface area contributed by atoms with Crippen LogP contribution in [0.25, 0.3) is 91.4 Å².